The largest absolute Gasteiger partial charge is 0.444 e. The number of alkyl halides is 2. The van der Waals surface area contributed by atoms with Gasteiger partial charge in [-0.15, -0.1) is 23.2 Å². The molecule has 5 aliphatic rings. The minimum absolute atomic E-state index is 0.133. The molecule has 4 aromatic carbocycles. The molecule has 1 atom stereocenters. The van der Waals surface area contributed by atoms with Crippen molar-refractivity contribution in [3.8, 4) is 0 Å². The highest BCUT2D eigenvalue weighted by Crippen LogP contribution is 2.41. The zero-order valence-corrected chi connectivity index (χ0v) is 64.7. The van der Waals surface area contributed by atoms with Gasteiger partial charge in [0.1, 0.15) is 27.8 Å². The molecule has 5 heterocycles. The molecule has 5 aliphatic heterocycles. The number of likely N-dealkylation sites (tertiary alicyclic amines) is 3. The maximum atomic E-state index is 12.4. The summed E-state index contributed by atoms with van der Waals surface area (Å²) in [6.45, 7) is 22.5. The molecule has 0 aromatic heterocycles. The van der Waals surface area contributed by atoms with Crippen LogP contribution in [0.2, 0.25) is 0 Å². The van der Waals surface area contributed by atoms with Crippen molar-refractivity contribution in [3.63, 3.8) is 0 Å². The predicted octanol–water partition coefficient (Wildman–Crippen LogP) is 12.9. The van der Waals surface area contributed by atoms with E-state index >= 15 is 0 Å². The fourth-order valence-electron chi connectivity index (χ4n) is 10.9. The van der Waals surface area contributed by atoms with Gasteiger partial charge in [0.25, 0.3) is 0 Å². The van der Waals surface area contributed by atoms with Crippen molar-refractivity contribution >= 4 is 96.4 Å². The molecule has 99 heavy (non-hydrogen) atoms. The molecule has 554 valence electrons. The molecule has 1 unspecified atom stereocenters. The van der Waals surface area contributed by atoms with Crippen LogP contribution in [-0.2, 0) is 68.8 Å². The van der Waals surface area contributed by atoms with Crippen molar-refractivity contribution in [1.29, 1.82) is 0 Å². The minimum Gasteiger partial charge on any atom is -0.444 e. The topological polar surface area (TPSA) is 284 Å². The molecule has 5 fully saturated rings. The number of piperidine rings is 4. The highest BCUT2D eigenvalue weighted by atomic mass is 35.5. The first kappa shape index (κ1) is 87.3. The summed E-state index contributed by atoms with van der Waals surface area (Å²) in [7, 11) is -12.9. The molecule has 9 rings (SSSR count). The maximum Gasteiger partial charge on any atom is 0.410 e. The number of ether oxygens (including phenoxy) is 4. The average Bonchev–Trinajstić information content (AvgIpc) is 0.852. The van der Waals surface area contributed by atoms with Crippen LogP contribution >= 0.6 is 23.2 Å². The van der Waals surface area contributed by atoms with Crippen molar-refractivity contribution in [2.45, 2.75) is 160 Å². The quantitative estimate of drug-likeness (QED) is 0.116. The smallest absolute Gasteiger partial charge is 0.410 e. The molecule has 0 spiro atoms. The molecule has 5 saturated heterocycles. The van der Waals surface area contributed by atoms with Gasteiger partial charge in [-0.1, -0.05) is 121 Å². The number of sulfone groups is 4. The molecular weight excluding hydrogens is 1390 g/mol. The SMILES string of the molecule is C1CCOC1.CC(C)(C)OC(=O)N1CCC(=C(c2ccccc2)S(C)(=O)=O)CC1.CC(C)(C)OC(=O)N1CCC(=O)CC1.CC(C)(C)OC(=O)N1CCC(O)(C(c2ccccc2)S(C)(=O)=O)CC1.CS(=O)(=O)C(=C1CCNCC1)c1ccccc1.CS(=O)(=O)Cc1ccccc1.ClCCl. The van der Waals surface area contributed by atoms with Crippen LogP contribution in [0.5, 0.6) is 0 Å². The fraction of sp³-hybridized carbons (Fsp3) is 0.556. The van der Waals surface area contributed by atoms with E-state index in [1.807, 2.05) is 120 Å². The Hall–Kier alpha value is -5.90. The van der Waals surface area contributed by atoms with Crippen LogP contribution < -0.4 is 5.32 Å². The minimum atomic E-state index is -3.53. The average molecular weight is 1500 g/mol. The van der Waals surface area contributed by atoms with Gasteiger partial charge in [-0.25, -0.2) is 48.1 Å². The van der Waals surface area contributed by atoms with E-state index in [0.717, 1.165) is 67.7 Å². The van der Waals surface area contributed by atoms with Crippen molar-refractivity contribution in [3.05, 3.63) is 155 Å². The highest BCUT2D eigenvalue weighted by Gasteiger charge is 2.47. The van der Waals surface area contributed by atoms with E-state index in [-0.39, 0.29) is 55.0 Å². The Balaban J connectivity index is 0.000000320. The van der Waals surface area contributed by atoms with Crippen LogP contribution in [0.1, 0.15) is 154 Å². The van der Waals surface area contributed by atoms with Gasteiger partial charge >= 0.3 is 18.3 Å². The van der Waals surface area contributed by atoms with E-state index < -0.39 is 73.1 Å². The van der Waals surface area contributed by atoms with E-state index in [1.165, 1.54) is 36.5 Å². The van der Waals surface area contributed by atoms with Gasteiger partial charge in [-0.2, -0.15) is 0 Å². The van der Waals surface area contributed by atoms with E-state index in [2.05, 4.69) is 5.32 Å². The lowest BCUT2D eigenvalue weighted by Gasteiger charge is -2.42. The normalized spacial score (nSPS) is 16.9. The Morgan fingerprint density at radius 2 is 0.838 bits per heavy atom. The first-order chi connectivity index (χ1) is 46.0. The first-order valence-corrected chi connectivity index (χ1v) is 41.8. The molecule has 3 amide bonds. The summed E-state index contributed by atoms with van der Waals surface area (Å²) in [5.74, 6) is 0.359. The van der Waals surface area contributed by atoms with Crippen LogP contribution in [0, 0.1) is 0 Å². The van der Waals surface area contributed by atoms with E-state index in [0.29, 0.717) is 72.8 Å². The van der Waals surface area contributed by atoms with Gasteiger partial charge in [0.05, 0.1) is 26.5 Å². The fourth-order valence-corrected chi connectivity index (χ4v) is 16.0. The zero-order valence-electron chi connectivity index (χ0n) is 59.9. The number of aliphatic hydroxyl groups is 1. The number of amides is 3. The first-order valence-electron chi connectivity index (χ1n) is 33.0. The lowest BCUT2D eigenvalue weighted by atomic mass is 9.85. The number of Topliss-reactive ketones (excluding diaryl/α,β-unsaturated/α-hetero) is 1. The molecule has 27 heteroatoms. The Morgan fingerprint density at radius 3 is 1.15 bits per heavy atom. The summed E-state index contributed by atoms with van der Waals surface area (Å²) in [5, 5.41) is 13.5. The Labute approximate surface area is 600 Å². The molecule has 0 bridgehead atoms. The van der Waals surface area contributed by atoms with Crippen molar-refractivity contribution in [2.75, 3.05) is 95.9 Å². The number of halogens is 2. The van der Waals surface area contributed by atoms with Crippen LogP contribution in [0.25, 0.3) is 9.81 Å². The Bertz CT molecular complexity index is 3670. The monoisotopic (exact) mass is 1500 g/mol. The number of rotatable bonds is 9. The van der Waals surface area contributed by atoms with Crippen molar-refractivity contribution < 1.29 is 76.9 Å². The van der Waals surface area contributed by atoms with Gasteiger partial charge in [0.15, 0.2) is 39.3 Å². The lowest BCUT2D eigenvalue weighted by molar-refractivity contribution is -0.121. The van der Waals surface area contributed by atoms with Gasteiger partial charge in [-0.3, -0.25) is 4.79 Å². The molecule has 2 N–H and O–H groups in total. The summed E-state index contributed by atoms with van der Waals surface area (Å²) in [4.78, 5) is 52.4. The second-order valence-corrected chi connectivity index (χ2v) is 36.5. The summed E-state index contributed by atoms with van der Waals surface area (Å²) < 4.78 is 116. The number of ketones is 1. The summed E-state index contributed by atoms with van der Waals surface area (Å²) >= 11 is 9.53. The third-order valence-corrected chi connectivity index (χ3v) is 20.0. The van der Waals surface area contributed by atoms with Crippen LogP contribution in [-0.4, -0.2) is 196 Å². The van der Waals surface area contributed by atoms with Crippen LogP contribution in [0.4, 0.5) is 14.4 Å². The molecule has 0 saturated carbocycles. The number of nitrogens with one attached hydrogen (secondary N) is 1. The number of carbonyl (C=O) groups is 4. The Morgan fingerprint density at radius 1 is 0.515 bits per heavy atom. The van der Waals surface area contributed by atoms with Crippen LogP contribution in [0.3, 0.4) is 0 Å². The number of benzene rings is 4. The van der Waals surface area contributed by atoms with Gasteiger partial charge < -0.3 is 44.1 Å². The van der Waals surface area contributed by atoms with E-state index in [4.69, 9.17) is 42.1 Å². The van der Waals surface area contributed by atoms with Crippen LogP contribution in [0.15, 0.2) is 132 Å². The Kier molecular flexibility index (Phi) is 35.9. The predicted molar refractivity (Wildman–Crippen MR) is 395 cm³/mol. The van der Waals surface area contributed by atoms with Gasteiger partial charge in [-0.05, 0) is 160 Å². The standard InChI is InChI=1S/C18H27NO5S.C18H25NO4S.C13H17NO2S.C10H17NO3.C8H10O2S.C4H8O.CH2Cl2/c1-17(2,3)24-16(20)19-12-10-18(21,11-13-19)15(25(4,22)23)14-8-6-5-7-9-14;1-18(2,3)23-17(20)19-12-10-15(11-13-19)16(24(4,21)22)14-8-6-5-7-9-14;1-17(15,16)13(11-5-3-2-4-6-11)12-7-9-14-10-8-12;1-10(2,3)14-9(13)11-6-4-8(12)5-7-11;1-11(9,10)7-8-5-3-2-4-6-8;1-2-4-5-3-1;2-1-3/h5-9,15,21H,10-13H2,1-4H3;5-9H,10-13H2,1-4H3;2-6,14H,7-10H2,1H3;4-7H2,1-3H3;2-6H,7H2,1H3;1-4H2;1H2. The molecular formula is C72H106Cl2N4O17S4. The summed E-state index contributed by atoms with van der Waals surface area (Å²) in [6.07, 6.45) is 10.4. The van der Waals surface area contributed by atoms with Crippen molar-refractivity contribution in [1.82, 2.24) is 20.0 Å². The number of hydrogen-bond acceptors (Lipinski definition) is 18. The maximum absolute atomic E-state index is 12.4. The second-order valence-electron chi connectivity index (χ2n) is 27.5. The third-order valence-electron chi connectivity index (χ3n) is 15.1. The summed E-state index contributed by atoms with van der Waals surface area (Å²) in [6, 6.07) is 36.4. The second kappa shape index (κ2) is 40.7. The van der Waals surface area contributed by atoms with Gasteiger partial charge in [0, 0.05) is 90.3 Å². The van der Waals surface area contributed by atoms with Gasteiger partial charge in [0.2, 0.25) is 0 Å². The number of hydrogen-bond donors (Lipinski definition) is 2. The third kappa shape index (κ3) is 34.6. The van der Waals surface area contributed by atoms with E-state index in [9.17, 15) is 58.0 Å². The zero-order chi connectivity index (χ0) is 74.5. The van der Waals surface area contributed by atoms with E-state index in [1.54, 1.807) is 73.0 Å². The lowest BCUT2D eigenvalue weighted by Crippen LogP contribution is -2.52. The molecule has 0 radical (unpaired) electrons. The highest BCUT2D eigenvalue weighted by molar-refractivity contribution is 8.00. The number of carbonyl (C=O) groups excluding carboxylic acids is 4. The van der Waals surface area contributed by atoms with Crippen molar-refractivity contribution in [2.24, 2.45) is 0 Å². The summed E-state index contributed by atoms with van der Waals surface area (Å²) in [5.41, 5.74) is 1.87. The molecule has 21 nitrogen and oxygen atoms in total. The number of nitrogens with zero attached hydrogens (tertiary/aromatic N) is 3. The molecule has 0 aliphatic carbocycles. The molecule has 4 aromatic rings.